The fourth-order valence-corrected chi connectivity index (χ4v) is 6.66. The molecule has 45 heavy (non-hydrogen) atoms. The fraction of sp³-hybridized carbons (Fsp3) is 0.744. The van der Waals surface area contributed by atoms with Crippen molar-refractivity contribution in [2.24, 2.45) is 22.1 Å². The monoisotopic (exact) mass is 641 g/mol. The number of benzene rings is 1. The molecule has 1 aromatic heterocycles. The third-order valence-electron chi connectivity index (χ3n) is 9.14. The number of nitrogens with zero attached hydrogens (tertiary/aromatic N) is 3. The maximum absolute atomic E-state index is 6.23. The minimum absolute atomic E-state index is 0.569. The van der Waals surface area contributed by atoms with Gasteiger partial charge in [0, 0.05) is 24.8 Å². The summed E-state index contributed by atoms with van der Waals surface area (Å²) in [7, 11) is 1.71. The van der Waals surface area contributed by atoms with E-state index in [1.54, 1.807) is 7.11 Å². The first-order valence-corrected chi connectivity index (χ1v) is 19.4. The maximum atomic E-state index is 6.23. The van der Waals surface area contributed by atoms with E-state index in [4.69, 9.17) is 19.7 Å². The van der Waals surface area contributed by atoms with Gasteiger partial charge in [0.1, 0.15) is 5.00 Å². The highest BCUT2D eigenvalue weighted by Crippen LogP contribution is 2.43. The molecule has 256 valence electrons. The first-order chi connectivity index (χ1) is 22.0. The molecule has 5 nitrogen and oxygen atoms in total. The van der Waals surface area contributed by atoms with Crippen molar-refractivity contribution in [3.05, 3.63) is 29.8 Å². The Labute approximate surface area is 281 Å². The van der Waals surface area contributed by atoms with Crippen LogP contribution in [0.15, 0.2) is 34.5 Å². The Morgan fingerprint density at radius 1 is 0.733 bits per heavy atom. The van der Waals surface area contributed by atoms with Gasteiger partial charge in [-0.1, -0.05) is 130 Å². The first kappa shape index (κ1) is 39.1. The summed E-state index contributed by atoms with van der Waals surface area (Å²) in [5, 5.41) is 11.1. The highest BCUT2D eigenvalue weighted by molar-refractivity contribution is 7.17. The highest BCUT2D eigenvalue weighted by atomic mass is 32.1. The molecule has 1 aromatic carbocycles. The van der Waals surface area contributed by atoms with Crippen molar-refractivity contribution in [3.63, 3.8) is 0 Å². The molecule has 0 N–H and O–H groups in total. The third kappa shape index (κ3) is 14.9. The molecule has 2 unspecified atom stereocenters. The van der Waals surface area contributed by atoms with Crippen LogP contribution in [0.4, 0.5) is 16.4 Å². The lowest BCUT2D eigenvalue weighted by molar-refractivity contribution is 0.226. The van der Waals surface area contributed by atoms with Crippen molar-refractivity contribution in [1.82, 2.24) is 0 Å². The van der Waals surface area contributed by atoms with E-state index in [1.807, 2.05) is 6.07 Å². The van der Waals surface area contributed by atoms with Crippen LogP contribution >= 0.6 is 11.3 Å². The molecular formula is C39H67N3O2S. The van der Waals surface area contributed by atoms with Gasteiger partial charge in [0.15, 0.2) is 5.75 Å². The summed E-state index contributed by atoms with van der Waals surface area (Å²) in [5.41, 5.74) is 3.63. The predicted octanol–water partition coefficient (Wildman–Crippen LogP) is 13.5. The van der Waals surface area contributed by atoms with Crippen molar-refractivity contribution in [1.29, 1.82) is 0 Å². The van der Waals surface area contributed by atoms with Crippen molar-refractivity contribution in [3.8, 4) is 10.8 Å². The summed E-state index contributed by atoms with van der Waals surface area (Å²) in [6.45, 7) is 16.7. The fourth-order valence-electron chi connectivity index (χ4n) is 5.92. The van der Waals surface area contributed by atoms with Crippen molar-refractivity contribution < 1.29 is 9.47 Å². The van der Waals surface area contributed by atoms with E-state index in [9.17, 15) is 0 Å². The molecule has 2 atom stereocenters. The number of hydrogen-bond acceptors (Lipinski definition) is 6. The van der Waals surface area contributed by atoms with Gasteiger partial charge >= 0.3 is 0 Å². The van der Waals surface area contributed by atoms with Crippen molar-refractivity contribution >= 4 is 27.7 Å². The van der Waals surface area contributed by atoms with E-state index in [0.717, 1.165) is 72.8 Å². The van der Waals surface area contributed by atoms with Gasteiger partial charge in [-0.25, -0.2) is 0 Å². The summed E-state index contributed by atoms with van der Waals surface area (Å²) in [6, 6.07) is 8.90. The Morgan fingerprint density at radius 3 is 2.07 bits per heavy atom. The molecule has 0 aliphatic carbocycles. The second-order valence-corrected chi connectivity index (χ2v) is 13.9. The molecule has 0 fully saturated rings. The number of anilines is 1. The van der Waals surface area contributed by atoms with Crippen LogP contribution in [0.2, 0.25) is 0 Å². The summed E-state index contributed by atoms with van der Waals surface area (Å²) < 4.78 is 11.9. The lowest BCUT2D eigenvalue weighted by Crippen LogP contribution is -2.30. The molecular weight excluding hydrogens is 575 g/mol. The molecule has 2 aromatic rings. The second-order valence-electron chi connectivity index (χ2n) is 12.9. The summed E-state index contributed by atoms with van der Waals surface area (Å²) in [6.07, 6.45) is 21.3. The molecule has 0 spiro atoms. The zero-order valence-corrected chi connectivity index (χ0v) is 31.0. The van der Waals surface area contributed by atoms with Crippen LogP contribution in [0.5, 0.6) is 10.8 Å². The van der Waals surface area contributed by atoms with E-state index >= 15 is 0 Å². The molecule has 0 aliphatic rings. The van der Waals surface area contributed by atoms with E-state index < -0.39 is 0 Å². The number of methoxy groups -OCH3 is 1. The molecule has 0 saturated heterocycles. The quantitative estimate of drug-likeness (QED) is 0.0720. The Balaban J connectivity index is 2.25. The normalized spacial score (nSPS) is 13.0. The maximum Gasteiger partial charge on any atom is 0.218 e. The summed E-state index contributed by atoms with van der Waals surface area (Å²) in [5.74, 6) is 2.10. The molecule has 6 heteroatoms. The standard InChI is InChI=1S/C39H67N3O2S/c1-8-14-18-19-20-21-27-42(30-32(12-5)22-15-9-2)35-25-26-36(34(28-35)24-17-11-4)40-41-38-29-37(39(43-7)45-38)44-31-33(13-6)23-16-10-3/h25-26,28-29,32-33H,8-24,27,30-31H2,1-7H3. The summed E-state index contributed by atoms with van der Waals surface area (Å²) >= 11 is 1.50. The smallest absolute Gasteiger partial charge is 0.218 e. The Morgan fingerprint density at radius 2 is 1.40 bits per heavy atom. The van der Waals surface area contributed by atoms with Crippen LogP contribution in [0.3, 0.4) is 0 Å². The number of azo groups is 1. The topological polar surface area (TPSA) is 46.4 Å². The number of aryl methyl sites for hydroxylation is 1. The lowest BCUT2D eigenvalue weighted by Gasteiger charge is -2.30. The largest absolute Gasteiger partial charge is 0.488 e. The van der Waals surface area contributed by atoms with E-state index in [0.29, 0.717) is 5.92 Å². The average Bonchev–Trinajstić information content (AvgIpc) is 3.47. The van der Waals surface area contributed by atoms with Gasteiger partial charge in [-0.3, -0.25) is 0 Å². The van der Waals surface area contributed by atoms with Crippen LogP contribution in [0.1, 0.15) is 150 Å². The van der Waals surface area contributed by atoms with Crippen LogP contribution in [-0.2, 0) is 6.42 Å². The van der Waals surface area contributed by atoms with Crippen LogP contribution in [0, 0.1) is 11.8 Å². The van der Waals surface area contributed by atoms with Crippen molar-refractivity contribution in [2.45, 2.75) is 151 Å². The van der Waals surface area contributed by atoms with Crippen LogP contribution in [-0.4, -0.2) is 26.8 Å². The Kier molecular flexibility index (Phi) is 21.0. The molecule has 1 heterocycles. The number of hydrogen-bond donors (Lipinski definition) is 0. The minimum atomic E-state index is 0.569. The highest BCUT2D eigenvalue weighted by Gasteiger charge is 2.17. The van der Waals surface area contributed by atoms with E-state index in [1.165, 1.54) is 106 Å². The second kappa shape index (κ2) is 24.1. The molecule has 2 rings (SSSR count). The van der Waals surface area contributed by atoms with Gasteiger partial charge in [0.25, 0.3) is 0 Å². The Hall–Kier alpha value is -2.08. The van der Waals surface area contributed by atoms with Gasteiger partial charge in [0.2, 0.25) is 5.06 Å². The average molecular weight is 642 g/mol. The van der Waals surface area contributed by atoms with Crippen LogP contribution in [0.25, 0.3) is 0 Å². The zero-order valence-electron chi connectivity index (χ0n) is 30.2. The summed E-state index contributed by atoms with van der Waals surface area (Å²) in [4.78, 5) is 2.68. The van der Waals surface area contributed by atoms with E-state index in [-0.39, 0.29) is 0 Å². The number of unbranched alkanes of at least 4 members (excludes halogenated alkanes) is 8. The van der Waals surface area contributed by atoms with Crippen molar-refractivity contribution in [2.75, 3.05) is 31.7 Å². The molecule has 0 radical (unpaired) electrons. The zero-order chi connectivity index (χ0) is 32.7. The molecule has 0 bridgehead atoms. The van der Waals surface area contributed by atoms with Gasteiger partial charge in [-0.2, -0.15) is 0 Å². The SMILES string of the molecule is CCCCCCCCN(CC(CC)CCCC)c1ccc(N=Nc2cc(OCC(CC)CCCC)c(OC)s2)c(CCCC)c1. The van der Waals surface area contributed by atoms with Crippen LogP contribution < -0.4 is 14.4 Å². The van der Waals surface area contributed by atoms with E-state index in [2.05, 4.69) is 64.6 Å². The van der Waals surface area contributed by atoms with Gasteiger partial charge in [-0.15, -0.1) is 10.2 Å². The predicted molar refractivity (Wildman–Crippen MR) is 198 cm³/mol. The first-order valence-electron chi connectivity index (χ1n) is 18.6. The number of ether oxygens (including phenoxy) is 2. The Bertz CT molecular complexity index is 1050. The minimum Gasteiger partial charge on any atom is -0.488 e. The molecule has 0 amide bonds. The van der Waals surface area contributed by atoms with Gasteiger partial charge in [0.05, 0.1) is 19.4 Å². The third-order valence-corrected chi connectivity index (χ3v) is 10.1. The van der Waals surface area contributed by atoms with Gasteiger partial charge < -0.3 is 14.4 Å². The lowest BCUT2D eigenvalue weighted by atomic mass is 9.97. The number of thiophene rings is 1. The van der Waals surface area contributed by atoms with Gasteiger partial charge in [-0.05, 0) is 67.7 Å². The molecule has 0 saturated carbocycles. The number of rotatable bonds is 27. The molecule has 0 aliphatic heterocycles.